The van der Waals surface area contributed by atoms with Crippen LogP contribution in [0.15, 0.2) is 42.9 Å². The van der Waals surface area contributed by atoms with E-state index >= 15 is 0 Å². The first-order valence-electron chi connectivity index (χ1n) is 4.63. The van der Waals surface area contributed by atoms with Crippen molar-refractivity contribution < 1.29 is 9.90 Å². The molecule has 2 aromatic rings. The van der Waals surface area contributed by atoms with Crippen LogP contribution >= 0.6 is 0 Å². The van der Waals surface area contributed by atoms with E-state index in [4.69, 9.17) is 0 Å². The molecule has 1 amide bonds. The maximum Gasteiger partial charge on any atom is 0.257 e. The number of hydrogen-bond donors (Lipinski definition) is 2. The molecule has 0 aromatic carbocycles. The summed E-state index contributed by atoms with van der Waals surface area (Å²) < 4.78 is 0. The summed E-state index contributed by atoms with van der Waals surface area (Å²) in [4.78, 5) is 19.3. The summed E-state index contributed by atoms with van der Waals surface area (Å²) in [6.07, 6.45) is 4.53. The number of anilines is 1. The predicted molar refractivity (Wildman–Crippen MR) is 58.1 cm³/mol. The lowest BCUT2D eigenvalue weighted by atomic mass is 10.2. The first-order valence-corrected chi connectivity index (χ1v) is 4.63. The molecule has 0 bridgehead atoms. The van der Waals surface area contributed by atoms with E-state index in [1.165, 1.54) is 24.7 Å². The molecule has 0 radical (unpaired) electrons. The van der Waals surface area contributed by atoms with Crippen LogP contribution in [0.1, 0.15) is 10.4 Å². The Balaban J connectivity index is 2.18. The zero-order valence-electron chi connectivity index (χ0n) is 8.29. The number of amides is 1. The Morgan fingerprint density at radius 1 is 1.19 bits per heavy atom. The Morgan fingerprint density at radius 3 is 2.62 bits per heavy atom. The number of pyridine rings is 2. The van der Waals surface area contributed by atoms with Gasteiger partial charge in [-0.1, -0.05) is 0 Å². The lowest BCUT2D eigenvalue weighted by molar-refractivity contribution is 0.102. The average molecular weight is 215 g/mol. The van der Waals surface area contributed by atoms with Gasteiger partial charge in [0.05, 0.1) is 0 Å². The standard InChI is InChI=1S/C11H9N3O2/c15-9-2-1-5-13-10(9)14-11(16)8-3-6-12-7-4-8/h1-7,15H,(H,13,14,16). The molecule has 80 valence electrons. The molecule has 2 rings (SSSR count). The van der Waals surface area contributed by atoms with E-state index in [9.17, 15) is 9.90 Å². The zero-order valence-corrected chi connectivity index (χ0v) is 8.29. The first kappa shape index (κ1) is 10.1. The molecule has 0 saturated heterocycles. The summed E-state index contributed by atoms with van der Waals surface area (Å²) in [5.74, 6) is -0.259. The molecular weight excluding hydrogens is 206 g/mol. The van der Waals surface area contributed by atoms with E-state index in [1.807, 2.05) is 0 Å². The average Bonchev–Trinajstić information content (AvgIpc) is 2.33. The number of aromatic hydroxyl groups is 1. The smallest absolute Gasteiger partial charge is 0.257 e. The molecule has 2 heterocycles. The van der Waals surface area contributed by atoms with Crippen LogP contribution in [-0.2, 0) is 0 Å². The van der Waals surface area contributed by atoms with Gasteiger partial charge < -0.3 is 10.4 Å². The molecule has 0 spiro atoms. The number of hydrogen-bond acceptors (Lipinski definition) is 4. The molecular formula is C11H9N3O2. The van der Waals surface area contributed by atoms with E-state index < -0.39 is 0 Å². The summed E-state index contributed by atoms with van der Waals surface area (Å²) in [6.45, 7) is 0. The molecule has 16 heavy (non-hydrogen) atoms. The van der Waals surface area contributed by atoms with Crippen molar-refractivity contribution in [1.29, 1.82) is 0 Å². The Labute approximate surface area is 91.8 Å². The Bertz CT molecular complexity index is 500. The maximum absolute atomic E-state index is 11.7. The highest BCUT2D eigenvalue weighted by Gasteiger charge is 2.08. The zero-order chi connectivity index (χ0) is 11.4. The highest BCUT2D eigenvalue weighted by molar-refractivity contribution is 6.04. The third kappa shape index (κ3) is 2.14. The molecule has 0 aliphatic rings. The van der Waals surface area contributed by atoms with Gasteiger partial charge in [-0.3, -0.25) is 9.78 Å². The number of nitrogens with zero attached hydrogens (tertiary/aromatic N) is 2. The molecule has 0 aliphatic carbocycles. The summed E-state index contributed by atoms with van der Waals surface area (Å²) in [5, 5.41) is 11.9. The van der Waals surface area contributed by atoms with Crippen molar-refractivity contribution in [3.05, 3.63) is 48.4 Å². The Kier molecular flexibility index (Phi) is 2.77. The van der Waals surface area contributed by atoms with E-state index in [2.05, 4.69) is 15.3 Å². The minimum Gasteiger partial charge on any atom is -0.504 e. The van der Waals surface area contributed by atoms with Gasteiger partial charge in [-0.25, -0.2) is 4.98 Å². The fourth-order valence-electron chi connectivity index (χ4n) is 1.18. The van der Waals surface area contributed by atoms with Crippen molar-refractivity contribution in [2.24, 2.45) is 0 Å². The van der Waals surface area contributed by atoms with E-state index in [1.54, 1.807) is 18.2 Å². The molecule has 2 aromatic heterocycles. The molecule has 2 N–H and O–H groups in total. The molecule has 0 atom stereocenters. The number of carbonyl (C=O) groups excluding carboxylic acids is 1. The second-order valence-corrected chi connectivity index (χ2v) is 3.06. The summed E-state index contributed by atoms with van der Waals surface area (Å²) in [6, 6.07) is 6.19. The summed E-state index contributed by atoms with van der Waals surface area (Å²) >= 11 is 0. The van der Waals surface area contributed by atoms with Gasteiger partial charge in [0.1, 0.15) is 0 Å². The van der Waals surface area contributed by atoms with Gasteiger partial charge >= 0.3 is 0 Å². The minimum absolute atomic E-state index is 0.0649. The van der Waals surface area contributed by atoms with Gasteiger partial charge in [-0.05, 0) is 24.3 Å². The van der Waals surface area contributed by atoms with Gasteiger partial charge in [0.2, 0.25) is 0 Å². The Hall–Kier alpha value is -2.43. The molecule has 5 heteroatoms. The van der Waals surface area contributed by atoms with Crippen LogP contribution in [0.2, 0.25) is 0 Å². The minimum atomic E-state index is -0.337. The molecule has 0 fully saturated rings. The summed E-state index contributed by atoms with van der Waals surface area (Å²) in [5.41, 5.74) is 0.458. The van der Waals surface area contributed by atoms with Gasteiger partial charge in [0, 0.05) is 24.2 Å². The molecule has 0 unspecified atom stereocenters. The normalized spacial score (nSPS) is 9.75. The van der Waals surface area contributed by atoms with Gasteiger partial charge in [0.15, 0.2) is 11.6 Å². The van der Waals surface area contributed by atoms with Crippen LogP contribution in [0.5, 0.6) is 5.75 Å². The highest BCUT2D eigenvalue weighted by Crippen LogP contribution is 2.18. The second-order valence-electron chi connectivity index (χ2n) is 3.06. The van der Waals surface area contributed by atoms with Gasteiger partial charge in [-0.15, -0.1) is 0 Å². The van der Waals surface area contributed by atoms with Gasteiger partial charge in [-0.2, -0.15) is 0 Å². The van der Waals surface area contributed by atoms with E-state index in [0.29, 0.717) is 5.56 Å². The number of carbonyl (C=O) groups is 1. The fraction of sp³-hybridized carbons (Fsp3) is 0. The van der Waals surface area contributed by atoms with Crippen molar-refractivity contribution in [3.8, 4) is 5.75 Å². The number of rotatable bonds is 2. The third-order valence-corrected chi connectivity index (χ3v) is 1.96. The van der Waals surface area contributed by atoms with Crippen molar-refractivity contribution >= 4 is 11.7 Å². The van der Waals surface area contributed by atoms with E-state index in [0.717, 1.165) is 0 Å². The highest BCUT2D eigenvalue weighted by atomic mass is 16.3. The van der Waals surface area contributed by atoms with Crippen molar-refractivity contribution in [2.45, 2.75) is 0 Å². The largest absolute Gasteiger partial charge is 0.504 e. The lowest BCUT2D eigenvalue weighted by Crippen LogP contribution is -2.12. The Morgan fingerprint density at radius 2 is 1.94 bits per heavy atom. The monoisotopic (exact) mass is 215 g/mol. The maximum atomic E-state index is 11.7. The topological polar surface area (TPSA) is 75.1 Å². The van der Waals surface area contributed by atoms with Crippen LogP contribution in [0, 0.1) is 0 Å². The molecule has 0 saturated carbocycles. The van der Waals surface area contributed by atoms with Gasteiger partial charge in [0.25, 0.3) is 5.91 Å². The van der Waals surface area contributed by atoms with Crippen molar-refractivity contribution in [3.63, 3.8) is 0 Å². The SMILES string of the molecule is O=C(Nc1ncccc1O)c1ccncc1. The number of nitrogens with one attached hydrogen (secondary N) is 1. The van der Waals surface area contributed by atoms with Crippen LogP contribution < -0.4 is 5.32 Å². The van der Waals surface area contributed by atoms with Crippen molar-refractivity contribution in [2.75, 3.05) is 5.32 Å². The number of aromatic nitrogens is 2. The second kappa shape index (κ2) is 4.39. The van der Waals surface area contributed by atoms with Crippen LogP contribution in [0.25, 0.3) is 0 Å². The summed E-state index contributed by atoms with van der Waals surface area (Å²) in [7, 11) is 0. The van der Waals surface area contributed by atoms with Crippen LogP contribution in [0.3, 0.4) is 0 Å². The first-order chi connectivity index (χ1) is 7.77. The third-order valence-electron chi connectivity index (χ3n) is 1.96. The molecule has 0 aliphatic heterocycles. The van der Waals surface area contributed by atoms with Crippen LogP contribution in [-0.4, -0.2) is 21.0 Å². The fourth-order valence-corrected chi connectivity index (χ4v) is 1.18. The van der Waals surface area contributed by atoms with Crippen molar-refractivity contribution in [1.82, 2.24) is 9.97 Å². The van der Waals surface area contributed by atoms with E-state index in [-0.39, 0.29) is 17.5 Å². The lowest BCUT2D eigenvalue weighted by Gasteiger charge is -2.05. The molecule has 5 nitrogen and oxygen atoms in total. The van der Waals surface area contributed by atoms with Crippen LogP contribution in [0.4, 0.5) is 5.82 Å². The predicted octanol–water partition coefficient (Wildman–Crippen LogP) is 1.43. The quantitative estimate of drug-likeness (QED) is 0.794.